The molecule has 0 unspecified atom stereocenters. The van der Waals surface area contributed by atoms with E-state index in [2.05, 4.69) is 10.1 Å². The van der Waals surface area contributed by atoms with Gasteiger partial charge in [-0.15, -0.1) is 0 Å². The van der Waals surface area contributed by atoms with Gasteiger partial charge >= 0.3 is 0 Å². The third-order valence-corrected chi connectivity index (χ3v) is 6.15. The van der Waals surface area contributed by atoms with Gasteiger partial charge in [0.25, 0.3) is 10.2 Å². The van der Waals surface area contributed by atoms with Crippen molar-refractivity contribution in [2.24, 2.45) is 7.05 Å². The normalized spacial score (nSPS) is 19.8. The third-order valence-electron chi connectivity index (χ3n) is 4.24. The fourth-order valence-electron chi connectivity index (χ4n) is 2.89. The quantitative estimate of drug-likeness (QED) is 0.817. The van der Waals surface area contributed by atoms with Crippen LogP contribution in [0.2, 0.25) is 0 Å². The van der Waals surface area contributed by atoms with Gasteiger partial charge in [0.2, 0.25) is 0 Å². The minimum atomic E-state index is -3.39. The summed E-state index contributed by atoms with van der Waals surface area (Å²) in [6.45, 7) is 0.985. The Kier molecular flexibility index (Phi) is 4.66. The van der Waals surface area contributed by atoms with Gasteiger partial charge in [0, 0.05) is 58.1 Å². The molecule has 0 amide bonds. The maximum Gasteiger partial charge on any atom is 0.281 e. The second-order valence-corrected chi connectivity index (χ2v) is 8.36. The minimum absolute atomic E-state index is 0.0533. The number of piperidine rings is 1. The summed E-state index contributed by atoms with van der Waals surface area (Å²) in [5, 5.41) is 4.15. The van der Waals surface area contributed by atoms with Gasteiger partial charge in [-0.3, -0.25) is 9.67 Å². The molecule has 2 aromatic heterocycles. The predicted molar refractivity (Wildman–Crippen MR) is 90.4 cm³/mol. The van der Waals surface area contributed by atoms with E-state index in [1.165, 1.54) is 8.61 Å². The molecule has 0 aromatic carbocycles. The molecule has 24 heavy (non-hydrogen) atoms. The van der Waals surface area contributed by atoms with Crippen molar-refractivity contribution in [3.8, 4) is 11.3 Å². The Morgan fingerprint density at radius 2 is 2.04 bits per heavy atom. The lowest BCUT2D eigenvalue weighted by Gasteiger charge is -2.33. The fraction of sp³-hybridized carbons (Fsp3) is 0.533. The summed E-state index contributed by atoms with van der Waals surface area (Å²) >= 11 is 0. The van der Waals surface area contributed by atoms with Gasteiger partial charge in [-0.25, -0.2) is 4.98 Å². The summed E-state index contributed by atoms with van der Waals surface area (Å²) < 4.78 is 29.2. The molecule has 0 aliphatic carbocycles. The topological polar surface area (TPSA) is 84.2 Å². The number of aryl methyl sites for hydroxylation is 1. The summed E-state index contributed by atoms with van der Waals surface area (Å²) in [5.74, 6) is 0.0533. The SMILES string of the molecule is CN(C)S(=O)(=O)N1CCC[C@@H](c2cncc(-c3cnn(C)c3)n2)C1. The summed E-state index contributed by atoms with van der Waals surface area (Å²) in [6.07, 6.45) is 8.80. The molecule has 1 aliphatic rings. The largest absolute Gasteiger partial charge is 0.281 e. The van der Waals surface area contributed by atoms with Gasteiger partial charge < -0.3 is 0 Å². The molecule has 1 fully saturated rings. The average molecular weight is 350 g/mol. The first-order chi connectivity index (χ1) is 11.4. The van der Waals surface area contributed by atoms with Crippen LogP contribution in [0.5, 0.6) is 0 Å². The van der Waals surface area contributed by atoms with Crippen molar-refractivity contribution in [1.82, 2.24) is 28.4 Å². The van der Waals surface area contributed by atoms with Crippen molar-refractivity contribution >= 4 is 10.2 Å². The molecule has 0 N–H and O–H groups in total. The third kappa shape index (κ3) is 3.33. The molecular formula is C15H22N6O2S. The van der Waals surface area contributed by atoms with E-state index in [1.54, 1.807) is 37.4 Å². The molecule has 1 saturated heterocycles. The van der Waals surface area contributed by atoms with Crippen molar-refractivity contribution in [2.75, 3.05) is 27.2 Å². The van der Waals surface area contributed by atoms with Crippen LogP contribution in [0, 0.1) is 0 Å². The lowest BCUT2D eigenvalue weighted by molar-refractivity contribution is 0.296. The Hall–Kier alpha value is -1.84. The van der Waals surface area contributed by atoms with Gasteiger partial charge in [0.15, 0.2) is 0 Å². The molecule has 8 nitrogen and oxygen atoms in total. The van der Waals surface area contributed by atoms with E-state index in [-0.39, 0.29) is 5.92 Å². The van der Waals surface area contributed by atoms with Crippen LogP contribution >= 0.6 is 0 Å². The molecule has 1 atom stereocenters. The van der Waals surface area contributed by atoms with Crippen LogP contribution in [0.15, 0.2) is 24.8 Å². The molecule has 0 saturated carbocycles. The zero-order valence-corrected chi connectivity index (χ0v) is 14.9. The Bertz CT molecular complexity index is 817. The highest BCUT2D eigenvalue weighted by atomic mass is 32.2. The van der Waals surface area contributed by atoms with Gasteiger partial charge in [-0.2, -0.15) is 22.1 Å². The lowest BCUT2D eigenvalue weighted by atomic mass is 9.96. The second-order valence-electron chi connectivity index (χ2n) is 6.22. The van der Waals surface area contributed by atoms with Crippen molar-refractivity contribution < 1.29 is 8.42 Å². The molecule has 3 heterocycles. The fourth-order valence-corrected chi connectivity index (χ4v) is 4.08. The number of hydrogen-bond acceptors (Lipinski definition) is 5. The number of rotatable bonds is 4. The predicted octanol–water partition coefficient (Wildman–Crippen LogP) is 0.863. The lowest BCUT2D eigenvalue weighted by Crippen LogP contribution is -2.45. The average Bonchev–Trinajstić information content (AvgIpc) is 3.01. The van der Waals surface area contributed by atoms with Crippen LogP contribution in [0.1, 0.15) is 24.5 Å². The first kappa shape index (κ1) is 17.0. The van der Waals surface area contributed by atoms with Crippen LogP contribution < -0.4 is 0 Å². The van der Waals surface area contributed by atoms with Crippen LogP contribution in [0.3, 0.4) is 0 Å². The van der Waals surface area contributed by atoms with Crippen LogP contribution in [0.4, 0.5) is 0 Å². The van der Waals surface area contributed by atoms with Gasteiger partial charge in [-0.05, 0) is 12.8 Å². The molecule has 0 spiro atoms. The summed E-state index contributed by atoms with van der Waals surface area (Å²) in [4.78, 5) is 8.98. The zero-order chi connectivity index (χ0) is 17.3. The molecular weight excluding hydrogens is 328 g/mol. The minimum Gasteiger partial charge on any atom is -0.275 e. The Balaban J connectivity index is 1.84. The van der Waals surface area contributed by atoms with Crippen molar-refractivity contribution in [2.45, 2.75) is 18.8 Å². The smallest absolute Gasteiger partial charge is 0.275 e. The highest BCUT2D eigenvalue weighted by molar-refractivity contribution is 7.86. The van der Waals surface area contributed by atoms with Crippen molar-refractivity contribution in [1.29, 1.82) is 0 Å². The molecule has 0 bridgehead atoms. The highest BCUT2D eigenvalue weighted by Crippen LogP contribution is 2.28. The van der Waals surface area contributed by atoms with E-state index in [0.29, 0.717) is 13.1 Å². The molecule has 2 aromatic rings. The van der Waals surface area contributed by atoms with Crippen molar-refractivity contribution in [3.63, 3.8) is 0 Å². The van der Waals surface area contributed by atoms with E-state index in [0.717, 1.165) is 29.8 Å². The molecule has 3 rings (SSSR count). The molecule has 130 valence electrons. The maximum atomic E-state index is 12.4. The van der Waals surface area contributed by atoms with Crippen LogP contribution in [-0.2, 0) is 17.3 Å². The number of nitrogens with zero attached hydrogens (tertiary/aromatic N) is 6. The van der Waals surface area contributed by atoms with E-state index in [9.17, 15) is 8.42 Å². The first-order valence-electron chi connectivity index (χ1n) is 7.86. The monoisotopic (exact) mass is 350 g/mol. The first-order valence-corrected chi connectivity index (χ1v) is 9.26. The van der Waals surface area contributed by atoms with Crippen LogP contribution in [0.25, 0.3) is 11.3 Å². The standard InChI is InChI=1S/C15H22N6O2S/c1-19(2)24(22,23)21-6-4-5-12(11-21)14-8-16-9-15(18-14)13-7-17-20(3)10-13/h7-10,12H,4-6,11H2,1-3H3/t12-/m1/s1. The number of aromatic nitrogens is 4. The van der Waals surface area contributed by atoms with E-state index in [1.807, 2.05) is 13.2 Å². The molecule has 9 heteroatoms. The summed E-state index contributed by atoms with van der Waals surface area (Å²) in [6, 6.07) is 0. The Labute approximate surface area is 142 Å². The van der Waals surface area contributed by atoms with Crippen molar-refractivity contribution in [3.05, 3.63) is 30.5 Å². The highest BCUT2D eigenvalue weighted by Gasteiger charge is 2.31. The van der Waals surface area contributed by atoms with E-state index >= 15 is 0 Å². The van der Waals surface area contributed by atoms with Crippen LogP contribution in [-0.4, -0.2) is 64.0 Å². The van der Waals surface area contributed by atoms with Gasteiger partial charge in [-0.1, -0.05) is 0 Å². The van der Waals surface area contributed by atoms with E-state index < -0.39 is 10.2 Å². The second kappa shape index (κ2) is 6.58. The molecule has 0 radical (unpaired) electrons. The maximum absolute atomic E-state index is 12.4. The Morgan fingerprint density at radius 1 is 1.25 bits per heavy atom. The number of hydrogen-bond donors (Lipinski definition) is 0. The zero-order valence-electron chi connectivity index (χ0n) is 14.1. The summed E-state index contributed by atoms with van der Waals surface area (Å²) in [5.41, 5.74) is 2.49. The van der Waals surface area contributed by atoms with E-state index in [4.69, 9.17) is 4.98 Å². The molecule has 1 aliphatic heterocycles. The van der Waals surface area contributed by atoms with Gasteiger partial charge in [0.1, 0.15) is 0 Å². The van der Waals surface area contributed by atoms with Gasteiger partial charge in [0.05, 0.1) is 23.8 Å². The Morgan fingerprint density at radius 3 is 2.71 bits per heavy atom. The summed E-state index contributed by atoms with van der Waals surface area (Å²) in [7, 11) is 1.57.